The van der Waals surface area contributed by atoms with Crippen molar-refractivity contribution in [1.29, 1.82) is 0 Å². The summed E-state index contributed by atoms with van der Waals surface area (Å²) in [4.78, 5) is 25.3. The van der Waals surface area contributed by atoms with Crippen LogP contribution in [0.25, 0.3) is 0 Å². The first-order valence-corrected chi connectivity index (χ1v) is 8.39. The number of nitrogens with one attached hydrogen (secondary N) is 1. The molecule has 0 aromatic heterocycles. The van der Waals surface area contributed by atoms with Crippen molar-refractivity contribution in [2.24, 2.45) is 5.10 Å². The van der Waals surface area contributed by atoms with Crippen LogP contribution >= 0.6 is 0 Å². The van der Waals surface area contributed by atoms with E-state index in [-0.39, 0.29) is 12.4 Å². The number of hydrogen-bond donors (Lipinski definition) is 1. The molecule has 0 saturated carbocycles. The van der Waals surface area contributed by atoms with Crippen LogP contribution in [0.2, 0.25) is 0 Å². The Morgan fingerprint density at radius 2 is 1.77 bits per heavy atom. The Hall–Kier alpha value is -3.15. The molecule has 2 atom stereocenters. The van der Waals surface area contributed by atoms with Gasteiger partial charge in [-0.25, -0.2) is 4.79 Å². The first-order valence-electron chi connectivity index (χ1n) is 8.39. The van der Waals surface area contributed by atoms with Crippen molar-refractivity contribution >= 4 is 17.5 Å². The highest BCUT2D eigenvalue weighted by molar-refractivity contribution is 6.48. The molecule has 134 valence electrons. The van der Waals surface area contributed by atoms with Crippen molar-refractivity contribution in [3.8, 4) is 5.75 Å². The lowest BCUT2D eigenvalue weighted by atomic mass is 9.85. The molecule has 0 unspecified atom stereocenters. The predicted octanol–water partition coefficient (Wildman–Crippen LogP) is 2.55. The zero-order valence-corrected chi connectivity index (χ0v) is 14.6. The van der Waals surface area contributed by atoms with Crippen LogP contribution in [0, 0.1) is 0 Å². The molecule has 2 aromatic carbocycles. The number of methoxy groups -OCH3 is 1. The van der Waals surface area contributed by atoms with Crippen LogP contribution < -0.4 is 10.2 Å². The van der Waals surface area contributed by atoms with Crippen molar-refractivity contribution in [2.45, 2.75) is 18.9 Å². The summed E-state index contributed by atoms with van der Waals surface area (Å²) in [7, 11) is 1.58. The van der Waals surface area contributed by atoms with Gasteiger partial charge in [-0.3, -0.25) is 10.2 Å². The van der Waals surface area contributed by atoms with Crippen molar-refractivity contribution in [3.05, 3.63) is 65.7 Å². The highest BCUT2D eigenvalue weighted by Gasteiger charge is 2.42. The quantitative estimate of drug-likeness (QED) is 0.639. The van der Waals surface area contributed by atoms with Crippen molar-refractivity contribution in [1.82, 2.24) is 5.43 Å². The molecule has 0 aliphatic carbocycles. The summed E-state index contributed by atoms with van der Waals surface area (Å²) in [5, 5.41) is 4.18. The summed E-state index contributed by atoms with van der Waals surface area (Å²) in [5.74, 6) is -0.494. The monoisotopic (exact) mass is 352 g/mol. The first-order chi connectivity index (χ1) is 12.7. The molecule has 26 heavy (non-hydrogen) atoms. The highest BCUT2D eigenvalue weighted by atomic mass is 16.5. The van der Waals surface area contributed by atoms with Gasteiger partial charge in [-0.2, -0.15) is 5.10 Å². The predicted molar refractivity (Wildman–Crippen MR) is 97.5 cm³/mol. The fourth-order valence-corrected chi connectivity index (χ4v) is 2.95. The second-order valence-corrected chi connectivity index (χ2v) is 5.80. The zero-order valence-electron chi connectivity index (χ0n) is 14.6. The lowest BCUT2D eigenvalue weighted by Gasteiger charge is -2.19. The minimum absolute atomic E-state index is 0.217. The third-order valence-corrected chi connectivity index (χ3v) is 4.24. The molecule has 3 rings (SSSR count). The average Bonchev–Trinajstić information content (AvgIpc) is 3.13. The van der Waals surface area contributed by atoms with Gasteiger partial charge in [0.2, 0.25) is 5.78 Å². The average molecular weight is 352 g/mol. The number of esters is 1. The van der Waals surface area contributed by atoms with Crippen LogP contribution in [0.1, 0.15) is 28.8 Å². The molecule has 1 N–H and O–H groups in total. The largest absolute Gasteiger partial charge is 0.497 e. The number of benzene rings is 2. The van der Waals surface area contributed by atoms with Gasteiger partial charge in [0.15, 0.2) is 6.04 Å². The number of rotatable bonds is 6. The Morgan fingerprint density at radius 1 is 1.08 bits per heavy atom. The van der Waals surface area contributed by atoms with Crippen LogP contribution in [0.3, 0.4) is 0 Å². The van der Waals surface area contributed by atoms with Crippen LogP contribution in [0.5, 0.6) is 5.75 Å². The van der Waals surface area contributed by atoms with E-state index in [0.717, 1.165) is 5.56 Å². The lowest BCUT2D eigenvalue weighted by molar-refractivity contribution is -0.145. The van der Waals surface area contributed by atoms with Gasteiger partial charge in [-0.1, -0.05) is 42.5 Å². The highest BCUT2D eigenvalue weighted by Crippen LogP contribution is 2.29. The summed E-state index contributed by atoms with van der Waals surface area (Å²) < 4.78 is 10.3. The summed E-state index contributed by atoms with van der Waals surface area (Å²) in [6.07, 6.45) is 0. The number of ketones is 1. The smallest absolute Gasteiger partial charge is 0.331 e. The number of carbonyl (C=O) groups is 2. The molecule has 0 spiro atoms. The van der Waals surface area contributed by atoms with Gasteiger partial charge >= 0.3 is 5.97 Å². The molecule has 0 saturated heterocycles. The van der Waals surface area contributed by atoms with E-state index in [4.69, 9.17) is 9.47 Å². The fraction of sp³-hybridized carbons (Fsp3) is 0.250. The van der Waals surface area contributed by atoms with E-state index < -0.39 is 17.9 Å². The Kier molecular flexibility index (Phi) is 5.31. The molecule has 0 bridgehead atoms. The fourth-order valence-electron chi connectivity index (χ4n) is 2.95. The summed E-state index contributed by atoms with van der Waals surface area (Å²) in [5.41, 5.74) is 4.38. The second kappa shape index (κ2) is 7.82. The van der Waals surface area contributed by atoms with E-state index in [9.17, 15) is 9.59 Å². The minimum Gasteiger partial charge on any atom is -0.497 e. The number of Topliss-reactive ketones (excluding diaryl/α,β-unsaturated/α-hetero) is 1. The second-order valence-electron chi connectivity index (χ2n) is 5.80. The van der Waals surface area contributed by atoms with Crippen molar-refractivity contribution in [2.75, 3.05) is 13.7 Å². The zero-order chi connectivity index (χ0) is 18.5. The molecular weight excluding hydrogens is 332 g/mol. The van der Waals surface area contributed by atoms with Crippen LogP contribution in [0.4, 0.5) is 0 Å². The van der Waals surface area contributed by atoms with Crippen LogP contribution in [-0.2, 0) is 9.53 Å². The molecule has 6 heteroatoms. The van der Waals surface area contributed by atoms with Crippen LogP contribution in [0.15, 0.2) is 59.7 Å². The van der Waals surface area contributed by atoms with Crippen LogP contribution in [-0.4, -0.2) is 37.2 Å². The topological polar surface area (TPSA) is 77.0 Å². The molecule has 1 aliphatic rings. The Morgan fingerprint density at radius 3 is 2.38 bits per heavy atom. The summed E-state index contributed by atoms with van der Waals surface area (Å²) >= 11 is 0. The molecule has 2 aromatic rings. The van der Waals surface area contributed by atoms with E-state index in [1.54, 1.807) is 50.4 Å². The molecule has 1 heterocycles. The molecular formula is C20H20N2O4. The summed E-state index contributed by atoms with van der Waals surface area (Å²) in [6.45, 7) is 2.00. The van der Waals surface area contributed by atoms with Gasteiger partial charge in [0.25, 0.3) is 0 Å². The van der Waals surface area contributed by atoms with Crippen molar-refractivity contribution in [3.63, 3.8) is 0 Å². The van der Waals surface area contributed by atoms with Gasteiger partial charge in [0.1, 0.15) is 11.5 Å². The number of ether oxygens (including phenoxy) is 2. The maximum Gasteiger partial charge on any atom is 0.331 e. The number of nitrogens with zero attached hydrogens (tertiary/aromatic N) is 1. The Bertz CT molecular complexity index is 815. The Labute approximate surface area is 151 Å². The van der Waals surface area contributed by atoms with Crippen molar-refractivity contribution < 1.29 is 19.1 Å². The third-order valence-electron chi connectivity index (χ3n) is 4.24. The van der Waals surface area contributed by atoms with Gasteiger partial charge in [0, 0.05) is 5.56 Å². The number of hydrogen-bond acceptors (Lipinski definition) is 6. The van der Waals surface area contributed by atoms with Gasteiger partial charge in [0.05, 0.1) is 19.6 Å². The minimum atomic E-state index is -0.744. The molecule has 1 aliphatic heterocycles. The molecule has 0 radical (unpaired) electrons. The molecule has 0 fully saturated rings. The van der Waals surface area contributed by atoms with E-state index in [1.165, 1.54) is 0 Å². The van der Waals surface area contributed by atoms with Gasteiger partial charge < -0.3 is 9.47 Å². The Balaban J connectivity index is 1.96. The maximum atomic E-state index is 12.9. The number of carbonyl (C=O) groups excluding carboxylic acids is 2. The maximum absolute atomic E-state index is 12.9. The van der Waals surface area contributed by atoms with E-state index in [0.29, 0.717) is 17.0 Å². The summed E-state index contributed by atoms with van der Waals surface area (Å²) in [6, 6.07) is 15.4. The van der Waals surface area contributed by atoms with E-state index in [1.807, 2.05) is 18.2 Å². The first kappa shape index (κ1) is 17.7. The SMILES string of the molecule is CCOC(=O)[C@@H]1NN=C(C(=O)c2ccccc2)[C@@H]1c1ccc(OC)cc1. The van der Waals surface area contributed by atoms with Gasteiger partial charge in [-0.05, 0) is 24.6 Å². The van der Waals surface area contributed by atoms with Gasteiger partial charge in [-0.15, -0.1) is 0 Å². The van der Waals surface area contributed by atoms with E-state index in [2.05, 4.69) is 10.5 Å². The third kappa shape index (κ3) is 3.44. The van der Waals surface area contributed by atoms with E-state index >= 15 is 0 Å². The normalized spacial score (nSPS) is 18.6. The molecule has 6 nitrogen and oxygen atoms in total. The number of hydrazone groups is 1. The lowest BCUT2D eigenvalue weighted by Crippen LogP contribution is -2.38. The molecule has 0 amide bonds. The standard InChI is InChI=1S/C20H20N2O4/c1-3-26-20(24)18-16(13-9-11-15(25-2)12-10-13)17(21-22-18)19(23)14-7-5-4-6-8-14/h4-12,16,18,22H,3H2,1-2H3/t16-,18+/m0/s1.